The van der Waals surface area contributed by atoms with Crippen molar-refractivity contribution in [1.29, 1.82) is 0 Å². The highest BCUT2D eigenvalue weighted by Gasteiger charge is 2.17. The molecule has 0 atom stereocenters. The summed E-state index contributed by atoms with van der Waals surface area (Å²) in [5.41, 5.74) is 1.05. The highest BCUT2D eigenvalue weighted by molar-refractivity contribution is 7.09. The van der Waals surface area contributed by atoms with Gasteiger partial charge in [-0.05, 0) is 38.8 Å². The molecule has 1 aromatic heterocycles. The van der Waals surface area contributed by atoms with Crippen LogP contribution in [-0.4, -0.2) is 23.0 Å². The van der Waals surface area contributed by atoms with Crippen LogP contribution < -0.4 is 4.87 Å². The lowest BCUT2D eigenvalue weighted by Gasteiger charge is -2.29. The Balaban J connectivity index is 1.97. The van der Waals surface area contributed by atoms with E-state index in [1.54, 1.807) is 0 Å². The summed E-state index contributed by atoms with van der Waals surface area (Å²) in [4.78, 5) is 17.7. The maximum Gasteiger partial charge on any atom is 0.304 e. The minimum absolute atomic E-state index is 0.0767. The molecule has 1 fully saturated rings. The third-order valence-corrected chi connectivity index (χ3v) is 4.14. The average Bonchev–Trinajstić information content (AvgIpc) is 2.49. The summed E-state index contributed by atoms with van der Waals surface area (Å²) in [7, 11) is 0. The second-order valence-electron chi connectivity index (χ2n) is 4.52. The van der Waals surface area contributed by atoms with Crippen molar-refractivity contribution >= 4 is 11.3 Å². The Kier molecular flexibility index (Phi) is 3.26. The number of aromatic nitrogens is 1. The van der Waals surface area contributed by atoms with Gasteiger partial charge >= 0.3 is 4.87 Å². The molecule has 1 saturated heterocycles. The second-order valence-corrected chi connectivity index (χ2v) is 5.59. The van der Waals surface area contributed by atoms with Gasteiger partial charge in [-0.2, -0.15) is 0 Å². The van der Waals surface area contributed by atoms with E-state index >= 15 is 0 Å². The van der Waals surface area contributed by atoms with Crippen molar-refractivity contribution in [1.82, 2.24) is 9.88 Å². The van der Waals surface area contributed by atoms with Crippen molar-refractivity contribution in [2.45, 2.75) is 33.2 Å². The number of nitrogens with zero attached hydrogens (tertiary/aromatic N) is 1. The van der Waals surface area contributed by atoms with Gasteiger partial charge in [0.2, 0.25) is 0 Å². The normalized spacial score (nSPS) is 19.6. The van der Waals surface area contributed by atoms with E-state index in [2.05, 4.69) is 16.8 Å². The molecule has 2 rings (SSSR count). The molecule has 0 unspecified atom stereocenters. The lowest BCUT2D eigenvalue weighted by atomic mass is 9.99. The van der Waals surface area contributed by atoms with Gasteiger partial charge in [0.25, 0.3) is 0 Å². The number of thiazole rings is 1. The van der Waals surface area contributed by atoms with Crippen molar-refractivity contribution in [3.05, 3.63) is 20.2 Å². The number of likely N-dealkylation sites (tertiary alicyclic amines) is 1. The highest BCUT2D eigenvalue weighted by Crippen LogP contribution is 2.19. The van der Waals surface area contributed by atoms with Gasteiger partial charge in [0.1, 0.15) is 0 Å². The summed E-state index contributed by atoms with van der Waals surface area (Å²) in [5.74, 6) is 0.868. The first-order chi connectivity index (χ1) is 7.15. The molecule has 1 aliphatic heterocycles. The zero-order valence-corrected chi connectivity index (χ0v) is 10.2. The van der Waals surface area contributed by atoms with Crippen molar-refractivity contribution in [3.8, 4) is 0 Å². The first-order valence-corrected chi connectivity index (χ1v) is 6.37. The van der Waals surface area contributed by atoms with Crippen LogP contribution in [0.5, 0.6) is 0 Å². The summed E-state index contributed by atoms with van der Waals surface area (Å²) in [6.45, 7) is 7.60. The first-order valence-electron chi connectivity index (χ1n) is 5.56. The number of rotatable bonds is 2. The molecule has 2 heterocycles. The number of aryl methyl sites for hydroxylation is 1. The standard InChI is InChI=1S/C11H18N2OS/c1-8-3-5-13(6-4-8)7-10-9(2)12-11(14)15-10/h8H,3-7H2,1-2H3,(H,12,14). The van der Waals surface area contributed by atoms with E-state index in [9.17, 15) is 4.79 Å². The van der Waals surface area contributed by atoms with E-state index in [1.807, 2.05) is 6.92 Å². The molecule has 1 aromatic rings. The average molecular weight is 226 g/mol. The molecule has 15 heavy (non-hydrogen) atoms. The van der Waals surface area contributed by atoms with Crippen LogP contribution in [-0.2, 0) is 6.54 Å². The molecule has 0 amide bonds. The van der Waals surface area contributed by atoms with E-state index in [-0.39, 0.29) is 4.87 Å². The molecular weight excluding hydrogens is 208 g/mol. The zero-order chi connectivity index (χ0) is 10.8. The van der Waals surface area contributed by atoms with Crippen LogP contribution in [0.25, 0.3) is 0 Å². The smallest absolute Gasteiger partial charge is 0.304 e. The van der Waals surface area contributed by atoms with Crippen LogP contribution in [0.1, 0.15) is 30.3 Å². The maximum absolute atomic E-state index is 11.1. The molecule has 0 spiro atoms. The summed E-state index contributed by atoms with van der Waals surface area (Å²) in [5, 5.41) is 0. The van der Waals surface area contributed by atoms with Gasteiger partial charge < -0.3 is 4.98 Å². The molecule has 0 aromatic carbocycles. The fourth-order valence-electron chi connectivity index (χ4n) is 2.01. The topological polar surface area (TPSA) is 36.1 Å². The molecule has 1 N–H and O–H groups in total. The number of nitrogens with one attached hydrogen (secondary N) is 1. The Morgan fingerprint density at radius 2 is 2.13 bits per heavy atom. The van der Waals surface area contributed by atoms with Crippen LogP contribution in [0.4, 0.5) is 0 Å². The number of piperidine rings is 1. The summed E-state index contributed by atoms with van der Waals surface area (Å²) in [6, 6.07) is 0. The van der Waals surface area contributed by atoms with Crippen LogP contribution in [0.15, 0.2) is 4.79 Å². The fourth-order valence-corrected chi connectivity index (χ4v) is 2.89. The van der Waals surface area contributed by atoms with Gasteiger partial charge in [-0.3, -0.25) is 9.69 Å². The summed E-state index contributed by atoms with van der Waals surface area (Å²) in [6.07, 6.45) is 2.58. The molecular formula is C11H18N2OS. The lowest BCUT2D eigenvalue weighted by molar-refractivity contribution is 0.186. The third kappa shape index (κ3) is 2.69. The van der Waals surface area contributed by atoms with Crippen LogP contribution in [0.3, 0.4) is 0 Å². The van der Waals surface area contributed by atoms with Crippen molar-refractivity contribution in [3.63, 3.8) is 0 Å². The largest absolute Gasteiger partial charge is 0.317 e. The predicted octanol–water partition coefficient (Wildman–Crippen LogP) is 1.98. The van der Waals surface area contributed by atoms with Gasteiger partial charge in [0, 0.05) is 17.1 Å². The van der Waals surface area contributed by atoms with E-state index in [0.717, 1.165) is 18.2 Å². The Hall–Kier alpha value is -0.610. The SMILES string of the molecule is Cc1[nH]c(=O)sc1CN1CCC(C)CC1. The van der Waals surface area contributed by atoms with E-state index in [0.29, 0.717) is 0 Å². The van der Waals surface area contributed by atoms with Crippen molar-refractivity contribution in [2.24, 2.45) is 5.92 Å². The Morgan fingerprint density at radius 3 is 2.67 bits per heavy atom. The van der Waals surface area contributed by atoms with Crippen LogP contribution >= 0.6 is 11.3 Å². The number of hydrogen-bond donors (Lipinski definition) is 1. The Morgan fingerprint density at radius 1 is 1.47 bits per heavy atom. The van der Waals surface area contributed by atoms with Gasteiger partial charge in [0.15, 0.2) is 0 Å². The van der Waals surface area contributed by atoms with Crippen LogP contribution in [0, 0.1) is 12.8 Å². The van der Waals surface area contributed by atoms with Gasteiger partial charge in [-0.1, -0.05) is 18.3 Å². The van der Waals surface area contributed by atoms with Crippen molar-refractivity contribution in [2.75, 3.05) is 13.1 Å². The van der Waals surface area contributed by atoms with E-state index < -0.39 is 0 Å². The molecule has 0 aliphatic carbocycles. The van der Waals surface area contributed by atoms with Gasteiger partial charge in [0.05, 0.1) is 0 Å². The minimum atomic E-state index is 0.0767. The monoisotopic (exact) mass is 226 g/mol. The predicted molar refractivity (Wildman–Crippen MR) is 63.4 cm³/mol. The quantitative estimate of drug-likeness (QED) is 0.837. The second kappa shape index (κ2) is 4.49. The molecule has 3 nitrogen and oxygen atoms in total. The number of hydrogen-bond acceptors (Lipinski definition) is 3. The summed E-state index contributed by atoms with van der Waals surface area (Å²) < 4.78 is 0. The molecule has 0 saturated carbocycles. The Labute approximate surface area is 94.1 Å². The molecule has 84 valence electrons. The minimum Gasteiger partial charge on any atom is -0.317 e. The number of H-pyrrole nitrogens is 1. The molecule has 1 aliphatic rings. The zero-order valence-electron chi connectivity index (χ0n) is 9.38. The molecule has 4 heteroatoms. The Bertz CT molecular complexity index is 374. The third-order valence-electron chi connectivity index (χ3n) is 3.17. The molecule has 0 radical (unpaired) electrons. The maximum atomic E-state index is 11.1. The van der Waals surface area contributed by atoms with Crippen LogP contribution in [0.2, 0.25) is 0 Å². The molecule has 0 bridgehead atoms. The van der Waals surface area contributed by atoms with E-state index in [1.165, 1.54) is 42.1 Å². The fraction of sp³-hybridized carbons (Fsp3) is 0.727. The lowest BCUT2D eigenvalue weighted by Crippen LogP contribution is -2.32. The van der Waals surface area contributed by atoms with Gasteiger partial charge in [-0.25, -0.2) is 0 Å². The highest BCUT2D eigenvalue weighted by atomic mass is 32.1. The van der Waals surface area contributed by atoms with Crippen molar-refractivity contribution < 1.29 is 0 Å². The van der Waals surface area contributed by atoms with Gasteiger partial charge in [-0.15, -0.1) is 0 Å². The first kappa shape index (κ1) is 10.9. The summed E-state index contributed by atoms with van der Waals surface area (Å²) >= 11 is 1.36. The van der Waals surface area contributed by atoms with E-state index in [4.69, 9.17) is 0 Å². The number of aromatic amines is 1.